The van der Waals surface area contributed by atoms with Crippen molar-refractivity contribution in [1.29, 1.82) is 0 Å². The molecule has 0 unspecified atom stereocenters. The molecule has 4 rings (SSSR count). The van der Waals surface area contributed by atoms with E-state index in [-0.39, 0.29) is 5.82 Å². The number of benzene rings is 1. The molecule has 1 aliphatic heterocycles. The average Bonchev–Trinajstić information content (AvgIpc) is 3.38. The Kier molecular flexibility index (Phi) is 4.94. The largest absolute Gasteiger partial charge is 0.361 e. The van der Waals surface area contributed by atoms with Crippen LogP contribution in [0.25, 0.3) is 0 Å². The van der Waals surface area contributed by atoms with Gasteiger partial charge in [0.1, 0.15) is 11.6 Å². The summed E-state index contributed by atoms with van der Waals surface area (Å²) >= 11 is 0. The van der Waals surface area contributed by atoms with Crippen molar-refractivity contribution >= 4 is 5.69 Å². The second-order valence-electron chi connectivity index (χ2n) is 7.10. The molecule has 2 aromatic heterocycles. The lowest BCUT2D eigenvalue weighted by atomic mass is 10.1. The SMILES string of the molecule is Cc1noc(C)c1Cn1cc(N2CCN(CCc3ccc(F)cc3)C2)cn1. The van der Waals surface area contributed by atoms with E-state index in [0.717, 1.165) is 55.4 Å². The van der Waals surface area contributed by atoms with Crippen molar-refractivity contribution < 1.29 is 8.91 Å². The highest BCUT2D eigenvalue weighted by Gasteiger charge is 2.21. The number of aryl methyl sites for hydroxylation is 2. The van der Waals surface area contributed by atoms with Gasteiger partial charge in [0.15, 0.2) is 0 Å². The zero-order valence-electron chi connectivity index (χ0n) is 15.7. The summed E-state index contributed by atoms with van der Waals surface area (Å²) in [5.74, 6) is 0.664. The fraction of sp³-hybridized carbons (Fsp3) is 0.400. The molecular weight excluding hydrogens is 345 g/mol. The summed E-state index contributed by atoms with van der Waals surface area (Å²) < 4.78 is 20.2. The Bertz CT molecular complexity index is 882. The lowest BCUT2D eigenvalue weighted by molar-refractivity contribution is 0.346. The van der Waals surface area contributed by atoms with E-state index >= 15 is 0 Å². The third-order valence-corrected chi connectivity index (χ3v) is 5.17. The second-order valence-corrected chi connectivity index (χ2v) is 7.10. The number of anilines is 1. The predicted molar refractivity (Wildman–Crippen MR) is 101 cm³/mol. The summed E-state index contributed by atoms with van der Waals surface area (Å²) in [6.07, 6.45) is 4.93. The number of aromatic nitrogens is 3. The molecule has 1 aliphatic rings. The molecule has 0 amide bonds. The molecule has 3 aromatic rings. The lowest BCUT2D eigenvalue weighted by Gasteiger charge is -2.18. The van der Waals surface area contributed by atoms with Crippen LogP contribution >= 0.6 is 0 Å². The quantitative estimate of drug-likeness (QED) is 0.669. The molecule has 0 radical (unpaired) electrons. The van der Waals surface area contributed by atoms with Crippen molar-refractivity contribution in [2.75, 3.05) is 31.2 Å². The summed E-state index contributed by atoms with van der Waals surface area (Å²) in [7, 11) is 0. The van der Waals surface area contributed by atoms with Crippen LogP contribution in [0.4, 0.5) is 10.1 Å². The van der Waals surface area contributed by atoms with Crippen LogP contribution in [0.1, 0.15) is 22.6 Å². The topological polar surface area (TPSA) is 50.3 Å². The van der Waals surface area contributed by atoms with Gasteiger partial charge in [0.25, 0.3) is 0 Å². The van der Waals surface area contributed by atoms with Crippen molar-refractivity contribution in [3.05, 3.63) is 65.1 Å². The Balaban J connectivity index is 1.32. The third kappa shape index (κ3) is 4.03. The Morgan fingerprint density at radius 3 is 2.70 bits per heavy atom. The summed E-state index contributed by atoms with van der Waals surface area (Å²) in [5.41, 5.74) is 4.30. The summed E-state index contributed by atoms with van der Waals surface area (Å²) in [6.45, 7) is 8.42. The van der Waals surface area contributed by atoms with E-state index in [1.807, 2.05) is 36.9 Å². The van der Waals surface area contributed by atoms with Crippen molar-refractivity contribution in [3.8, 4) is 0 Å². The van der Waals surface area contributed by atoms with Gasteiger partial charge >= 0.3 is 0 Å². The van der Waals surface area contributed by atoms with Crippen LogP contribution in [0.5, 0.6) is 0 Å². The average molecular weight is 369 g/mol. The minimum Gasteiger partial charge on any atom is -0.361 e. The summed E-state index contributed by atoms with van der Waals surface area (Å²) in [5, 5.41) is 8.50. The first-order valence-corrected chi connectivity index (χ1v) is 9.24. The maximum atomic E-state index is 13.0. The monoisotopic (exact) mass is 369 g/mol. The molecule has 0 bridgehead atoms. The molecule has 0 saturated carbocycles. The Hall–Kier alpha value is -2.67. The van der Waals surface area contributed by atoms with Gasteiger partial charge in [0, 0.05) is 31.4 Å². The van der Waals surface area contributed by atoms with Crippen molar-refractivity contribution in [2.45, 2.75) is 26.8 Å². The van der Waals surface area contributed by atoms with Crippen LogP contribution in [0.3, 0.4) is 0 Å². The van der Waals surface area contributed by atoms with Crippen molar-refractivity contribution in [1.82, 2.24) is 19.8 Å². The van der Waals surface area contributed by atoms with Gasteiger partial charge in [0.2, 0.25) is 0 Å². The maximum Gasteiger partial charge on any atom is 0.138 e. The Morgan fingerprint density at radius 1 is 1.15 bits per heavy atom. The smallest absolute Gasteiger partial charge is 0.138 e. The van der Waals surface area contributed by atoms with Gasteiger partial charge in [-0.2, -0.15) is 5.10 Å². The first kappa shape index (κ1) is 17.7. The molecular formula is C20H24FN5O. The molecule has 6 nitrogen and oxygen atoms in total. The number of hydrogen-bond donors (Lipinski definition) is 0. The molecule has 0 aliphatic carbocycles. The number of nitrogens with zero attached hydrogens (tertiary/aromatic N) is 5. The first-order chi connectivity index (χ1) is 13.1. The van der Waals surface area contributed by atoms with Gasteiger partial charge in [-0.1, -0.05) is 17.3 Å². The number of halogens is 1. The predicted octanol–water partition coefficient (Wildman–Crippen LogP) is 3.00. The lowest BCUT2D eigenvalue weighted by Crippen LogP contribution is -2.26. The van der Waals surface area contributed by atoms with E-state index < -0.39 is 0 Å². The van der Waals surface area contributed by atoms with Crippen LogP contribution in [-0.2, 0) is 13.0 Å². The van der Waals surface area contributed by atoms with Crippen LogP contribution in [-0.4, -0.2) is 46.1 Å². The molecule has 1 saturated heterocycles. The van der Waals surface area contributed by atoms with Crippen LogP contribution < -0.4 is 4.90 Å². The highest BCUT2D eigenvalue weighted by Crippen LogP contribution is 2.20. The van der Waals surface area contributed by atoms with Crippen molar-refractivity contribution in [2.24, 2.45) is 0 Å². The van der Waals surface area contributed by atoms with E-state index in [9.17, 15) is 4.39 Å². The minimum absolute atomic E-state index is 0.181. The van der Waals surface area contributed by atoms with Crippen molar-refractivity contribution in [3.63, 3.8) is 0 Å². The number of hydrogen-bond acceptors (Lipinski definition) is 5. The van der Waals surface area contributed by atoms with Gasteiger partial charge in [-0.25, -0.2) is 4.39 Å². The zero-order chi connectivity index (χ0) is 18.8. The molecule has 7 heteroatoms. The molecule has 1 aromatic carbocycles. The molecule has 0 atom stereocenters. The Morgan fingerprint density at radius 2 is 1.96 bits per heavy atom. The third-order valence-electron chi connectivity index (χ3n) is 5.17. The number of rotatable bonds is 6. The standard InChI is InChI=1S/C20H24FN5O/c1-15-20(16(2)27-23-15)13-26-12-19(11-22-26)25-10-9-24(14-25)8-7-17-3-5-18(21)6-4-17/h3-6,11-12H,7-10,13-14H2,1-2H3. The zero-order valence-corrected chi connectivity index (χ0v) is 15.7. The molecule has 1 fully saturated rings. The molecule has 142 valence electrons. The first-order valence-electron chi connectivity index (χ1n) is 9.24. The maximum absolute atomic E-state index is 13.0. The van der Waals surface area contributed by atoms with Gasteiger partial charge in [-0.15, -0.1) is 0 Å². The highest BCUT2D eigenvalue weighted by atomic mass is 19.1. The van der Waals surface area contributed by atoms with Crippen LogP contribution in [0.2, 0.25) is 0 Å². The van der Waals surface area contributed by atoms with E-state index in [1.165, 1.54) is 17.7 Å². The molecule has 27 heavy (non-hydrogen) atoms. The normalized spacial score (nSPS) is 15.0. The van der Waals surface area contributed by atoms with E-state index in [1.54, 1.807) is 0 Å². The van der Waals surface area contributed by atoms with Crippen LogP contribution in [0.15, 0.2) is 41.2 Å². The highest BCUT2D eigenvalue weighted by molar-refractivity contribution is 5.43. The molecule has 3 heterocycles. The minimum atomic E-state index is -0.181. The second kappa shape index (κ2) is 7.52. The molecule has 0 spiro atoms. The van der Waals surface area contributed by atoms with E-state index in [4.69, 9.17) is 4.52 Å². The fourth-order valence-electron chi connectivity index (χ4n) is 3.47. The fourth-order valence-corrected chi connectivity index (χ4v) is 3.47. The van der Waals surface area contributed by atoms with Crippen LogP contribution in [0, 0.1) is 19.7 Å². The van der Waals surface area contributed by atoms with Gasteiger partial charge in [-0.05, 0) is 38.0 Å². The van der Waals surface area contributed by atoms with E-state index in [2.05, 4.69) is 26.3 Å². The van der Waals surface area contributed by atoms with Gasteiger partial charge in [0.05, 0.1) is 30.8 Å². The van der Waals surface area contributed by atoms with E-state index in [0.29, 0.717) is 6.54 Å². The van der Waals surface area contributed by atoms with Gasteiger partial charge in [-0.3, -0.25) is 9.58 Å². The molecule has 0 N–H and O–H groups in total. The Labute approximate surface area is 158 Å². The summed E-state index contributed by atoms with van der Waals surface area (Å²) in [6, 6.07) is 6.78. The summed E-state index contributed by atoms with van der Waals surface area (Å²) in [4.78, 5) is 4.75. The van der Waals surface area contributed by atoms with Gasteiger partial charge < -0.3 is 9.42 Å².